The Bertz CT molecular complexity index is 1090. The number of amides is 1. The molecule has 1 amide bonds. The highest BCUT2D eigenvalue weighted by molar-refractivity contribution is 5.97. The molecular weight excluding hydrogens is 451 g/mol. The Morgan fingerprint density at radius 3 is 2.65 bits per heavy atom. The number of benzene rings is 1. The minimum atomic E-state index is -4.68. The summed E-state index contributed by atoms with van der Waals surface area (Å²) in [5.41, 5.74) is -0.389. The van der Waals surface area contributed by atoms with E-state index in [4.69, 9.17) is 9.47 Å². The Kier molecular flexibility index (Phi) is 6.71. The van der Waals surface area contributed by atoms with E-state index in [-0.39, 0.29) is 29.2 Å². The quantitative estimate of drug-likeness (QED) is 0.653. The number of aryl methyl sites for hydroxylation is 1. The molecule has 2 aliphatic heterocycles. The van der Waals surface area contributed by atoms with Crippen molar-refractivity contribution in [1.29, 1.82) is 0 Å². The van der Waals surface area contributed by atoms with Crippen molar-refractivity contribution in [3.63, 3.8) is 0 Å². The summed E-state index contributed by atoms with van der Waals surface area (Å²) in [5.74, 6) is -1.04. The molecule has 1 aromatic carbocycles. The lowest BCUT2D eigenvalue weighted by atomic mass is 9.76. The minimum absolute atomic E-state index is 0.00222. The van der Waals surface area contributed by atoms with Crippen LogP contribution in [0.5, 0.6) is 0 Å². The second-order valence-electron chi connectivity index (χ2n) is 8.87. The minimum Gasteiger partial charge on any atom is -0.462 e. The number of alkyl halides is 3. The summed E-state index contributed by atoms with van der Waals surface area (Å²) in [6.45, 7) is 5.26. The van der Waals surface area contributed by atoms with Gasteiger partial charge in [0.05, 0.1) is 40.4 Å². The molecule has 0 bridgehead atoms. The van der Waals surface area contributed by atoms with Crippen molar-refractivity contribution >= 4 is 11.9 Å². The third-order valence-corrected chi connectivity index (χ3v) is 6.54. The third-order valence-electron chi connectivity index (χ3n) is 6.54. The molecule has 0 radical (unpaired) electrons. The van der Waals surface area contributed by atoms with Crippen LogP contribution in [0.15, 0.2) is 18.2 Å². The Labute approximate surface area is 195 Å². The molecule has 0 aliphatic carbocycles. The van der Waals surface area contributed by atoms with Crippen molar-refractivity contribution in [2.45, 2.75) is 52.1 Å². The van der Waals surface area contributed by atoms with Gasteiger partial charge in [-0.05, 0) is 55.7 Å². The predicted octanol–water partition coefficient (Wildman–Crippen LogP) is 4.10. The summed E-state index contributed by atoms with van der Waals surface area (Å²) in [5, 5.41) is 7.41. The van der Waals surface area contributed by atoms with Crippen molar-refractivity contribution in [3.05, 3.63) is 46.3 Å². The number of halogens is 3. The molecule has 2 aliphatic rings. The first-order valence-electron chi connectivity index (χ1n) is 11.5. The number of hydrogen-bond donors (Lipinski definition) is 1. The summed E-state index contributed by atoms with van der Waals surface area (Å²) in [6, 6.07) is 3.14. The summed E-state index contributed by atoms with van der Waals surface area (Å²) in [4.78, 5) is 25.5. The summed E-state index contributed by atoms with van der Waals surface area (Å²) in [7, 11) is 0. The molecule has 1 aromatic heterocycles. The van der Waals surface area contributed by atoms with Crippen LogP contribution in [0.1, 0.15) is 70.8 Å². The lowest BCUT2D eigenvalue weighted by Gasteiger charge is -2.36. The van der Waals surface area contributed by atoms with Crippen LogP contribution >= 0.6 is 0 Å². The fourth-order valence-corrected chi connectivity index (χ4v) is 4.66. The summed E-state index contributed by atoms with van der Waals surface area (Å²) >= 11 is 0. The molecule has 184 valence electrons. The smallest absolute Gasteiger partial charge is 0.418 e. The van der Waals surface area contributed by atoms with Crippen LogP contribution in [-0.4, -0.2) is 48.0 Å². The van der Waals surface area contributed by atoms with E-state index < -0.39 is 17.7 Å². The van der Waals surface area contributed by atoms with Gasteiger partial charge in [-0.2, -0.15) is 18.3 Å². The Balaban J connectivity index is 1.90. The molecule has 1 N–H and O–H groups in total. The number of ether oxygens (including phenoxy) is 2. The second kappa shape index (κ2) is 9.40. The van der Waals surface area contributed by atoms with Crippen molar-refractivity contribution < 1.29 is 32.2 Å². The number of fused-ring (bicyclic) bond motifs is 1. The molecule has 7 nitrogen and oxygen atoms in total. The van der Waals surface area contributed by atoms with E-state index in [9.17, 15) is 22.8 Å². The Hall–Kier alpha value is -2.88. The van der Waals surface area contributed by atoms with E-state index in [1.54, 1.807) is 6.92 Å². The van der Waals surface area contributed by atoms with Crippen molar-refractivity contribution in [3.8, 4) is 5.69 Å². The highest BCUT2D eigenvalue weighted by atomic mass is 19.4. The molecule has 1 saturated heterocycles. The molecular formula is C24H28F3N3O4. The predicted molar refractivity (Wildman–Crippen MR) is 117 cm³/mol. The van der Waals surface area contributed by atoms with Crippen LogP contribution in [0.3, 0.4) is 0 Å². The second-order valence-corrected chi connectivity index (χ2v) is 8.87. The molecule has 0 unspecified atom stereocenters. The van der Waals surface area contributed by atoms with E-state index in [0.717, 1.165) is 18.2 Å². The maximum Gasteiger partial charge on any atom is 0.418 e. The number of esters is 1. The van der Waals surface area contributed by atoms with Crippen LogP contribution < -0.4 is 5.32 Å². The normalized spacial score (nSPS) is 17.7. The first-order valence-corrected chi connectivity index (χ1v) is 11.5. The average molecular weight is 479 g/mol. The van der Waals surface area contributed by atoms with Gasteiger partial charge in [-0.1, -0.05) is 13.8 Å². The fraction of sp³-hybridized carbons (Fsp3) is 0.542. The maximum atomic E-state index is 14.0. The van der Waals surface area contributed by atoms with Crippen molar-refractivity contribution in [2.24, 2.45) is 5.41 Å². The molecule has 10 heteroatoms. The van der Waals surface area contributed by atoms with Gasteiger partial charge in [0.25, 0.3) is 5.91 Å². The Morgan fingerprint density at radius 1 is 1.26 bits per heavy atom. The van der Waals surface area contributed by atoms with E-state index in [2.05, 4.69) is 10.4 Å². The molecule has 4 rings (SSSR count). The first-order chi connectivity index (χ1) is 16.2. The fourth-order valence-electron chi connectivity index (χ4n) is 4.66. The van der Waals surface area contributed by atoms with Crippen LogP contribution in [-0.2, 0) is 28.5 Å². The standard InChI is InChI=1S/C24H28F3N3O4/c1-3-9-34-22(32)15-5-6-16(24(25,26)27)18(12-15)30-19-13-23(7-10-33-11-8-23)14-28-21(31)20(19)17(4-2)29-30/h5-6,12H,3-4,7-11,13-14H2,1-2H3,(H,28,31). The summed E-state index contributed by atoms with van der Waals surface area (Å²) in [6.07, 6.45) is -2.00. The first kappa shape index (κ1) is 24.3. The van der Waals surface area contributed by atoms with Crippen LogP contribution in [0.4, 0.5) is 13.2 Å². The van der Waals surface area contributed by atoms with E-state index in [0.29, 0.717) is 68.8 Å². The molecule has 1 fully saturated rings. The number of carbonyl (C=O) groups excluding carboxylic acids is 2. The average Bonchev–Trinajstić information content (AvgIpc) is 3.12. The molecule has 2 aromatic rings. The zero-order valence-electron chi connectivity index (χ0n) is 19.3. The van der Waals surface area contributed by atoms with Crippen LogP contribution in [0.2, 0.25) is 0 Å². The largest absolute Gasteiger partial charge is 0.462 e. The van der Waals surface area contributed by atoms with Gasteiger partial charge in [0.1, 0.15) is 0 Å². The molecule has 0 saturated carbocycles. The van der Waals surface area contributed by atoms with Gasteiger partial charge >= 0.3 is 12.1 Å². The van der Waals surface area contributed by atoms with Crippen molar-refractivity contribution in [2.75, 3.05) is 26.4 Å². The molecule has 3 heterocycles. The third kappa shape index (κ3) is 4.55. The molecule has 0 atom stereocenters. The van der Waals surface area contributed by atoms with Crippen LogP contribution in [0, 0.1) is 5.41 Å². The topological polar surface area (TPSA) is 82.5 Å². The zero-order valence-corrected chi connectivity index (χ0v) is 19.3. The van der Waals surface area contributed by atoms with Crippen LogP contribution in [0.25, 0.3) is 5.69 Å². The number of hydrogen-bond acceptors (Lipinski definition) is 5. The number of rotatable bonds is 5. The number of carbonyl (C=O) groups is 2. The van der Waals surface area contributed by atoms with Gasteiger partial charge in [-0.25, -0.2) is 9.48 Å². The number of aromatic nitrogens is 2. The van der Waals surface area contributed by atoms with Gasteiger partial charge in [0.2, 0.25) is 0 Å². The zero-order chi connectivity index (χ0) is 24.5. The van der Waals surface area contributed by atoms with E-state index in [1.807, 2.05) is 6.92 Å². The van der Waals surface area contributed by atoms with Crippen molar-refractivity contribution in [1.82, 2.24) is 15.1 Å². The lowest BCUT2D eigenvalue weighted by molar-refractivity contribution is -0.137. The Morgan fingerprint density at radius 2 is 2.00 bits per heavy atom. The monoisotopic (exact) mass is 479 g/mol. The number of nitrogens with zero attached hydrogens (tertiary/aromatic N) is 2. The van der Waals surface area contributed by atoms with E-state index >= 15 is 0 Å². The van der Waals surface area contributed by atoms with Gasteiger partial charge < -0.3 is 14.8 Å². The SMILES string of the molecule is CCCOC(=O)c1ccc(C(F)(F)F)c(-n2nc(CC)c3c2CC2(CCOCC2)CNC3=O)c1. The number of nitrogens with one attached hydrogen (secondary N) is 1. The van der Waals surface area contributed by atoms with Gasteiger partial charge in [0, 0.05) is 19.8 Å². The summed E-state index contributed by atoms with van der Waals surface area (Å²) < 4.78 is 54.0. The highest BCUT2D eigenvalue weighted by Crippen LogP contribution is 2.40. The van der Waals surface area contributed by atoms with E-state index in [1.165, 1.54) is 4.68 Å². The lowest BCUT2D eigenvalue weighted by Crippen LogP contribution is -2.40. The maximum absolute atomic E-state index is 14.0. The van der Waals surface area contributed by atoms with Gasteiger partial charge in [0.15, 0.2) is 0 Å². The molecule has 34 heavy (non-hydrogen) atoms. The highest BCUT2D eigenvalue weighted by Gasteiger charge is 2.41. The van der Waals surface area contributed by atoms with Gasteiger partial charge in [-0.3, -0.25) is 4.79 Å². The molecule has 1 spiro atoms. The van der Waals surface area contributed by atoms with Gasteiger partial charge in [-0.15, -0.1) is 0 Å².